The van der Waals surface area contributed by atoms with Gasteiger partial charge in [0.1, 0.15) is 5.15 Å². The van der Waals surface area contributed by atoms with Gasteiger partial charge in [0.25, 0.3) is 0 Å². The molecule has 0 aromatic carbocycles. The number of carbonyl (C=O) groups is 2. The molecule has 1 atom stereocenters. The lowest BCUT2D eigenvalue weighted by atomic mass is 10.1. The molecule has 3 N–H and O–H groups in total. The molecule has 0 fully saturated rings. The van der Waals surface area contributed by atoms with E-state index in [4.69, 9.17) is 22.1 Å². The van der Waals surface area contributed by atoms with Gasteiger partial charge in [-0.2, -0.15) is 0 Å². The first kappa shape index (κ1) is 13.5. The van der Waals surface area contributed by atoms with E-state index in [1.165, 1.54) is 6.20 Å². The number of nitrogens with two attached hydrogens (primary N) is 1. The predicted molar refractivity (Wildman–Crippen MR) is 70.0 cm³/mol. The van der Waals surface area contributed by atoms with Crippen LogP contribution in [-0.2, 0) is 9.53 Å². The highest BCUT2D eigenvalue weighted by molar-refractivity contribution is 6.30. The number of aromatic amines is 1. The summed E-state index contributed by atoms with van der Waals surface area (Å²) in [7, 11) is 0. The number of ether oxygens (including phenoxy) is 1. The molecule has 0 spiro atoms. The van der Waals surface area contributed by atoms with E-state index in [0.29, 0.717) is 10.7 Å². The van der Waals surface area contributed by atoms with E-state index in [9.17, 15) is 9.59 Å². The molecule has 0 aliphatic carbocycles. The maximum atomic E-state index is 12.0. The Morgan fingerprint density at radius 1 is 1.53 bits per heavy atom. The minimum absolute atomic E-state index is 0.173. The number of ketones is 1. The van der Waals surface area contributed by atoms with Gasteiger partial charge in [-0.15, -0.1) is 0 Å². The van der Waals surface area contributed by atoms with Gasteiger partial charge in [0.15, 0.2) is 6.04 Å². The third-order valence-electron chi connectivity index (χ3n) is 2.56. The summed E-state index contributed by atoms with van der Waals surface area (Å²) in [4.78, 5) is 30.1. The molecule has 19 heavy (non-hydrogen) atoms. The Balaban J connectivity index is 2.28. The highest BCUT2D eigenvalue weighted by Crippen LogP contribution is 2.18. The molecule has 2 heterocycles. The minimum atomic E-state index is -1.34. The lowest BCUT2D eigenvalue weighted by Gasteiger charge is -2.07. The Morgan fingerprint density at radius 3 is 2.95 bits per heavy atom. The van der Waals surface area contributed by atoms with Gasteiger partial charge in [-0.1, -0.05) is 11.6 Å². The Hall–Kier alpha value is -1.92. The Labute approximate surface area is 113 Å². The number of fused-ring (bicyclic) bond motifs is 1. The number of rotatable bonds is 4. The maximum absolute atomic E-state index is 12.0. The Morgan fingerprint density at radius 2 is 2.26 bits per heavy atom. The molecule has 0 saturated heterocycles. The van der Waals surface area contributed by atoms with Gasteiger partial charge in [-0.25, -0.2) is 9.78 Å². The average Bonchev–Trinajstić information content (AvgIpc) is 2.80. The van der Waals surface area contributed by atoms with Crippen LogP contribution < -0.4 is 5.73 Å². The molecule has 6 nitrogen and oxygen atoms in total. The monoisotopic (exact) mass is 281 g/mol. The number of pyridine rings is 1. The van der Waals surface area contributed by atoms with Gasteiger partial charge in [0, 0.05) is 5.39 Å². The topological polar surface area (TPSA) is 98.1 Å². The molecule has 2 aromatic rings. The zero-order valence-corrected chi connectivity index (χ0v) is 10.9. The molecule has 0 aliphatic heterocycles. The largest absolute Gasteiger partial charge is 0.464 e. The molecule has 100 valence electrons. The fourth-order valence-electron chi connectivity index (χ4n) is 1.64. The fraction of sp³-hybridized carbons (Fsp3) is 0.250. The second-order valence-electron chi connectivity index (χ2n) is 3.87. The van der Waals surface area contributed by atoms with Crippen molar-refractivity contribution in [2.75, 3.05) is 6.61 Å². The van der Waals surface area contributed by atoms with Gasteiger partial charge in [-0.05, 0) is 19.1 Å². The van der Waals surface area contributed by atoms with Crippen molar-refractivity contribution in [3.8, 4) is 0 Å². The van der Waals surface area contributed by atoms with Crippen LogP contribution in [0.5, 0.6) is 0 Å². The first-order valence-corrected chi connectivity index (χ1v) is 6.01. The van der Waals surface area contributed by atoms with E-state index >= 15 is 0 Å². The zero-order valence-electron chi connectivity index (χ0n) is 10.1. The molecule has 1 unspecified atom stereocenters. The summed E-state index contributed by atoms with van der Waals surface area (Å²) in [5.74, 6) is -1.28. The molecule has 2 aromatic heterocycles. The number of aromatic nitrogens is 2. The summed E-state index contributed by atoms with van der Waals surface area (Å²) in [5, 5.41) is 1.04. The molecule has 0 amide bonds. The van der Waals surface area contributed by atoms with E-state index < -0.39 is 17.8 Å². The smallest absolute Gasteiger partial charge is 0.331 e. The summed E-state index contributed by atoms with van der Waals surface area (Å²) in [5.41, 5.74) is 6.41. The summed E-state index contributed by atoms with van der Waals surface area (Å²) >= 11 is 5.75. The van der Waals surface area contributed by atoms with Crippen LogP contribution in [-0.4, -0.2) is 34.4 Å². The number of nitrogens with zero attached hydrogens (tertiary/aromatic N) is 1. The highest BCUT2D eigenvalue weighted by Gasteiger charge is 2.25. The third-order valence-corrected chi connectivity index (χ3v) is 2.77. The molecular weight excluding hydrogens is 270 g/mol. The summed E-state index contributed by atoms with van der Waals surface area (Å²) in [6.45, 7) is 1.82. The van der Waals surface area contributed by atoms with Crippen molar-refractivity contribution in [2.45, 2.75) is 13.0 Å². The first-order chi connectivity index (χ1) is 9.02. The van der Waals surface area contributed by atoms with Crippen LogP contribution in [0, 0.1) is 0 Å². The van der Waals surface area contributed by atoms with Gasteiger partial charge in [0.05, 0.1) is 24.0 Å². The molecule has 0 radical (unpaired) electrons. The first-order valence-electron chi connectivity index (χ1n) is 5.63. The lowest BCUT2D eigenvalue weighted by molar-refractivity contribution is -0.143. The Bertz CT molecular complexity index is 638. The van der Waals surface area contributed by atoms with Crippen LogP contribution in [0.25, 0.3) is 10.9 Å². The normalized spacial score (nSPS) is 12.4. The number of hydrogen-bond acceptors (Lipinski definition) is 5. The number of carbonyl (C=O) groups excluding carboxylic acids is 2. The van der Waals surface area contributed by atoms with Crippen molar-refractivity contribution in [1.29, 1.82) is 0 Å². The van der Waals surface area contributed by atoms with Crippen molar-refractivity contribution >= 4 is 34.3 Å². The number of Topliss-reactive ketones (excluding diaryl/α,β-unsaturated/α-hetero) is 1. The summed E-state index contributed by atoms with van der Waals surface area (Å²) < 4.78 is 4.71. The number of H-pyrrole nitrogens is 1. The van der Waals surface area contributed by atoms with Crippen LogP contribution in [0.15, 0.2) is 18.3 Å². The SMILES string of the molecule is CCOC(=O)C(N)C(=O)c1cc2cc(Cl)ncc2[nH]1. The van der Waals surface area contributed by atoms with Crippen LogP contribution >= 0.6 is 11.6 Å². The van der Waals surface area contributed by atoms with E-state index in [2.05, 4.69) is 9.97 Å². The quantitative estimate of drug-likeness (QED) is 0.381. The van der Waals surface area contributed by atoms with Crippen LogP contribution in [0.2, 0.25) is 5.15 Å². The molecule has 2 rings (SSSR count). The molecular formula is C12H12ClN3O3. The predicted octanol–water partition coefficient (Wildman–Crippen LogP) is 1.29. The van der Waals surface area contributed by atoms with Gasteiger partial charge in [-0.3, -0.25) is 4.79 Å². The lowest BCUT2D eigenvalue weighted by Crippen LogP contribution is -2.40. The zero-order chi connectivity index (χ0) is 14.0. The summed E-state index contributed by atoms with van der Waals surface area (Å²) in [6.07, 6.45) is 1.50. The number of halogens is 1. The number of esters is 1. The maximum Gasteiger partial charge on any atom is 0.331 e. The minimum Gasteiger partial charge on any atom is -0.464 e. The summed E-state index contributed by atoms with van der Waals surface area (Å²) in [6, 6.07) is 1.85. The fourth-order valence-corrected chi connectivity index (χ4v) is 1.81. The van der Waals surface area contributed by atoms with E-state index in [1.54, 1.807) is 19.1 Å². The van der Waals surface area contributed by atoms with Crippen molar-refractivity contribution in [2.24, 2.45) is 5.73 Å². The van der Waals surface area contributed by atoms with Crippen LogP contribution in [0.4, 0.5) is 0 Å². The van der Waals surface area contributed by atoms with Crippen molar-refractivity contribution in [3.05, 3.63) is 29.2 Å². The Kier molecular flexibility index (Phi) is 3.82. The van der Waals surface area contributed by atoms with E-state index in [1.807, 2.05) is 0 Å². The highest BCUT2D eigenvalue weighted by atomic mass is 35.5. The second-order valence-corrected chi connectivity index (χ2v) is 4.26. The van der Waals surface area contributed by atoms with E-state index in [0.717, 1.165) is 5.39 Å². The van der Waals surface area contributed by atoms with Gasteiger partial charge >= 0.3 is 5.97 Å². The standard InChI is InChI=1S/C12H12ClN3O3/c1-2-19-12(18)10(14)11(17)7-3-6-4-9(13)15-5-8(6)16-7/h3-5,10,16H,2,14H2,1H3. The molecule has 0 bridgehead atoms. The van der Waals surface area contributed by atoms with Crippen molar-refractivity contribution in [1.82, 2.24) is 9.97 Å². The van der Waals surface area contributed by atoms with Gasteiger partial charge in [0.2, 0.25) is 5.78 Å². The molecule has 0 saturated carbocycles. The third kappa shape index (κ3) is 2.74. The van der Waals surface area contributed by atoms with Crippen LogP contribution in [0.1, 0.15) is 17.4 Å². The number of nitrogens with one attached hydrogen (secondary N) is 1. The van der Waals surface area contributed by atoms with Crippen molar-refractivity contribution in [3.63, 3.8) is 0 Å². The van der Waals surface area contributed by atoms with Gasteiger partial charge < -0.3 is 15.5 Å². The van der Waals surface area contributed by atoms with Crippen molar-refractivity contribution < 1.29 is 14.3 Å². The average molecular weight is 282 g/mol. The number of hydrogen-bond donors (Lipinski definition) is 2. The van der Waals surface area contributed by atoms with Crippen LogP contribution in [0.3, 0.4) is 0 Å². The molecule has 0 aliphatic rings. The second kappa shape index (κ2) is 5.38. The molecule has 7 heteroatoms. The van der Waals surface area contributed by atoms with E-state index in [-0.39, 0.29) is 12.3 Å².